The number of unbranched alkanes of at least 4 members (excludes halogenated alkanes) is 7. The van der Waals surface area contributed by atoms with Gasteiger partial charge in [-0.15, -0.1) is 0 Å². The highest BCUT2D eigenvalue weighted by Crippen LogP contribution is 2.15. The predicted octanol–water partition coefficient (Wildman–Crippen LogP) is 3.37. The molecule has 0 rings (SSSR count). The lowest BCUT2D eigenvalue weighted by Crippen LogP contribution is -2.50. The average molecular weight is 376 g/mol. The van der Waals surface area contributed by atoms with Crippen molar-refractivity contribution in [2.45, 2.75) is 103 Å². The van der Waals surface area contributed by atoms with Gasteiger partial charge in [-0.2, -0.15) is 0 Å². The molecule has 5 nitrogen and oxygen atoms in total. The van der Waals surface area contributed by atoms with Crippen molar-refractivity contribution < 1.29 is 24.5 Å². The van der Waals surface area contributed by atoms with E-state index in [0.717, 1.165) is 19.3 Å². The molecule has 4 N–H and O–H groups in total. The van der Waals surface area contributed by atoms with Crippen LogP contribution in [0.1, 0.15) is 84.5 Å². The van der Waals surface area contributed by atoms with Crippen LogP contribution in [0.15, 0.2) is 11.9 Å². The fourth-order valence-corrected chi connectivity index (χ4v) is 2.88. The number of nitrogens with one attached hydrogen (secondary N) is 1. The lowest BCUT2D eigenvalue weighted by atomic mass is 10.0. The van der Waals surface area contributed by atoms with Gasteiger partial charge >= 0.3 is 0 Å². The van der Waals surface area contributed by atoms with Crippen LogP contribution in [-0.2, 0) is 4.79 Å². The Balaban J connectivity index is 3.87. The Kier molecular flexibility index (Phi) is 15.6. The van der Waals surface area contributed by atoms with Gasteiger partial charge in [0.15, 0.2) is 0 Å². The first kappa shape index (κ1) is 25.0. The van der Waals surface area contributed by atoms with E-state index in [4.69, 9.17) is 5.11 Å². The van der Waals surface area contributed by atoms with Crippen molar-refractivity contribution in [3.63, 3.8) is 0 Å². The first-order valence-corrected chi connectivity index (χ1v) is 10.0. The van der Waals surface area contributed by atoms with Crippen molar-refractivity contribution in [2.24, 2.45) is 0 Å². The highest BCUT2D eigenvalue weighted by atomic mass is 19.1. The van der Waals surface area contributed by atoms with Crippen LogP contribution < -0.4 is 5.32 Å². The van der Waals surface area contributed by atoms with E-state index in [1.807, 2.05) is 0 Å². The number of hydrogen-bond donors (Lipinski definition) is 4. The molecule has 0 saturated carbocycles. The topological polar surface area (TPSA) is 89.8 Å². The molecule has 1 amide bonds. The fourth-order valence-electron chi connectivity index (χ4n) is 2.88. The summed E-state index contributed by atoms with van der Waals surface area (Å²) in [5.74, 6) is -0.576. The second-order valence-corrected chi connectivity index (χ2v) is 7.00. The second kappa shape index (κ2) is 16.2. The number of rotatable bonds is 16. The predicted molar refractivity (Wildman–Crippen MR) is 102 cm³/mol. The Morgan fingerprint density at radius 1 is 1.08 bits per heavy atom. The van der Waals surface area contributed by atoms with Gasteiger partial charge in [-0.3, -0.25) is 4.79 Å². The molecule has 0 aromatic heterocycles. The first-order chi connectivity index (χ1) is 12.4. The third kappa shape index (κ3) is 13.3. The summed E-state index contributed by atoms with van der Waals surface area (Å²) in [7, 11) is 0. The molecule has 0 aromatic carbocycles. The van der Waals surface area contributed by atoms with Gasteiger partial charge in [0.05, 0.1) is 24.6 Å². The van der Waals surface area contributed by atoms with E-state index in [2.05, 4.69) is 12.2 Å². The minimum atomic E-state index is -1.27. The minimum absolute atomic E-state index is 0.182. The number of aliphatic hydroxyl groups excluding tert-OH is 3. The molecule has 0 bridgehead atoms. The molecule has 0 aromatic rings. The molecule has 154 valence electrons. The number of amides is 1. The average Bonchev–Trinajstić information content (AvgIpc) is 2.61. The van der Waals surface area contributed by atoms with Crippen molar-refractivity contribution >= 4 is 5.91 Å². The van der Waals surface area contributed by atoms with Gasteiger partial charge in [0.1, 0.15) is 6.10 Å². The zero-order valence-corrected chi connectivity index (χ0v) is 16.4. The van der Waals surface area contributed by atoms with Crippen LogP contribution in [0.5, 0.6) is 0 Å². The summed E-state index contributed by atoms with van der Waals surface area (Å²) in [6.45, 7) is 3.00. The third-order valence-electron chi connectivity index (χ3n) is 4.48. The largest absolute Gasteiger partial charge is 0.394 e. The Morgan fingerprint density at radius 2 is 1.69 bits per heavy atom. The number of carbonyl (C=O) groups is 1. The monoisotopic (exact) mass is 375 g/mol. The summed E-state index contributed by atoms with van der Waals surface area (Å²) in [6.07, 6.45) is 9.20. The molecule has 0 radical (unpaired) electrons. The number of allylic oxidation sites excluding steroid dienone is 2. The highest BCUT2D eigenvalue weighted by Gasteiger charge is 2.26. The second-order valence-electron chi connectivity index (χ2n) is 7.00. The van der Waals surface area contributed by atoms with Crippen LogP contribution in [0.3, 0.4) is 0 Å². The molecule has 0 aliphatic carbocycles. The van der Waals surface area contributed by atoms with Crippen LogP contribution in [0, 0.1) is 0 Å². The summed E-state index contributed by atoms with van der Waals surface area (Å²) < 4.78 is 13.7. The van der Waals surface area contributed by atoms with Crippen molar-refractivity contribution in [2.75, 3.05) is 6.61 Å². The first-order valence-electron chi connectivity index (χ1n) is 10.0. The number of halogens is 1. The van der Waals surface area contributed by atoms with Crippen LogP contribution in [0.2, 0.25) is 0 Å². The molecule has 6 heteroatoms. The zero-order chi connectivity index (χ0) is 19.8. The lowest BCUT2D eigenvalue weighted by molar-refractivity contribution is -0.122. The number of carbonyl (C=O) groups excluding carboxylic acids is 1. The highest BCUT2D eigenvalue weighted by molar-refractivity contribution is 5.73. The van der Waals surface area contributed by atoms with Crippen molar-refractivity contribution in [1.82, 2.24) is 5.32 Å². The van der Waals surface area contributed by atoms with Crippen molar-refractivity contribution in [3.8, 4) is 0 Å². The molecule has 0 fully saturated rings. The van der Waals surface area contributed by atoms with Gasteiger partial charge < -0.3 is 20.6 Å². The van der Waals surface area contributed by atoms with E-state index in [0.29, 0.717) is 6.42 Å². The van der Waals surface area contributed by atoms with Crippen molar-refractivity contribution in [1.29, 1.82) is 0 Å². The fraction of sp³-hybridized carbons (Fsp3) is 0.850. The Bertz CT molecular complexity index is 390. The van der Waals surface area contributed by atoms with E-state index in [9.17, 15) is 19.4 Å². The maximum atomic E-state index is 13.7. The summed E-state index contributed by atoms with van der Waals surface area (Å²) in [4.78, 5) is 11.0. The van der Waals surface area contributed by atoms with E-state index in [1.165, 1.54) is 39.0 Å². The van der Waals surface area contributed by atoms with Crippen molar-refractivity contribution in [3.05, 3.63) is 11.9 Å². The zero-order valence-electron chi connectivity index (χ0n) is 16.4. The normalized spacial score (nSPS) is 15.5. The van der Waals surface area contributed by atoms with Gasteiger partial charge in [-0.25, -0.2) is 4.39 Å². The summed E-state index contributed by atoms with van der Waals surface area (Å²) in [5, 5.41) is 31.4. The molecule has 0 aliphatic heterocycles. The van der Waals surface area contributed by atoms with Crippen LogP contribution >= 0.6 is 0 Å². The maximum absolute atomic E-state index is 13.7. The van der Waals surface area contributed by atoms with Gasteiger partial charge in [-0.1, -0.05) is 51.5 Å². The quantitative estimate of drug-likeness (QED) is 0.311. The Morgan fingerprint density at radius 3 is 2.27 bits per heavy atom. The van der Waals surface area contributed by atoms with E-state index < -0.39 is 30.8 Å². The summed E-state index contributed by atoms with van der Waals surface area (Å²) >= 11 is 0. The Labute approximate surface area is 157 Å². The maximum Gasteiger partial charge on any atom is 0.217 e. The molecule has 0 spiro atoms. The summed E-state index contributed by atoms with van der Waals surface area (Å²) in [5.41, 5.74) is 0. The van der Waals surface area contributed by atoms with Gasteiger partial charge in [0.2, 0.25) is 5.91 Å². The minimum Gasteiger partial charge on any atom is -0.394 e. The van der Waals surface area contributed by atoms with E-state index >= 15 is 0 Å². The molecule has 0 saturated heterocycles. The van der Waals surface area contributed by atoms with Gasteiger partial charge in [-0.05, 0) is 32.1 Å². The molecular formula is C20H38FNO4. The standard InChI is InChI=1S/C20H38FNO4/c1-3-4-5-6-7-8-9-10-12-17(21)13-11-14-19(25)20(26)18(15-23)22-16(2)24/h12,18-20,23,25-26H,3-11,13-15H2,1-2H3,(H,22,24)/b17-12+/t18-,19+,20-/m0/s1. The number of hydrogen-bond acceptors (Lipinski definition) is 4. The summed E-state index contributed by atoms with van der Waals surface area (Å²) in [6, 6.07) is -0.916. The van der Waals surface area contributed by atoms with E-state index in [-0.39, 0.29) is 18.7 Å². The molecule has 3 atom stereocenters. The van der Waals surface area contributed by atoms with Gasteiger partial charge in [0.25, 0.3) is 0 Å². The van der Waals surface area contributed by atoms with Crippen LogP contribution in [0.4, 0.5) is 4.39 Å². The third-order valence-corrected chi connectivity index (χ3v) is 4.48. The molecule has 0 heterocycles. The molecular weight excluding hydrogens is 337 g/mol. The van der Waals surface area contributed by atoms with Crippen LogP contribution in [-0.4, -0.2) is 46.1 Å². The molecule has 0 aliphatic rings. The molecule has 26 heavy (non-hydrogen) atoms. The van der Waals surface area contributed by atoms with Crippen LogP contribution in [0.25, 0.3) is 0 Å². The lowest BCUT2D eigenvalue weighted by Gasteiger charge is -2.25. The smallest absolute Gasteiger partial charge is 0.217 e. The Hall–Kier alpha value is -0.980. The number of aliphatic hydroxyl groups is 3. The van der Waals surface area contributed by atoms with Gasteiger partial charge in [0, 0.05) is 6.92 Å². The molecule has 0 unspecified atom stereocenters. The van der Waals surface area contributed by atoms with E-state index in [1.54, 1.807) is 6.08 Å². The SMILES string of the molecule is CCCCCCCCC/C=C(/F)CCC[C@@H](O)[C@@H](O)[C@H](CO)NC(C)=O.